The Morgan fingerprint density at radius 1 is 1.44 bits per heavy atom. The molecule has 16 heavy (non-hydrogen) atoms. The number of rotatable bonds is 8. The summed E-state index contributed by atoms with van der Waals surface area (Å²) < 4.78 is 10.4. The first-order chi connectivity index (χ1) is 7.86. The first-order valence-electron chi connectivity index (χ1n) is 5.68. The lowest BCUT2D eigenvalue weighted by Crippen LogP contribution is -2.43. The molecule has 0 saturated heterocycles. The minimum Gasteiger partial charge on any atom is -0.383 e. The number of guanidine groups is 1. The van der Waals surface area contributed by atoms with E-state index in [2.05, 4.69) is 15.7 Å². The number of ether oxygens (including phenoxy) is 2. The van der Waals surface area contributed by atoms with Gasteiger partial charge in [-0.15, -0.1) is 0 Å². The fourth-order valence-electron chi connectivity index (χ4n) is 1.18. The molecule has 0 bridgehead atoms. The number of hydrogen-bond donors (Lipinski definition) is 3. The van der Waals surface area contributed by atoms with Crippen LogP contribution in [0.5, 0.6) is 0 Å². The Balaban J connectivity index is 1.98. The third kappa shape index (κ3) is 6.60. The zero-order valence-corrected chi connectivity index (χ0v) is 9.87. The molecule has 1 fully saturated rings. The zero-order valence-electron chi connectivity index (χ0n) is 9.87. The smallest absolute Gasteiger partial charge is 0.205 e. The minimum atomic E-state index is 0.576. The molecular formula is C10H22N4O2. The fraction of sp³-hybridized carbons (Fsp3) is 0.900. The standard InChI is InChI=1S/C10H22N4O2/c1-15-6-4-12-10(14-11)13-5-7-16-8-9-2-3-9/h9H,2-8,11H2,1H3,(H2,12,13,14). The van der Waals surface area contributed by atoms with Crippen LogP contribution in [-0.4, -0.2) is 46.0 Å². The quantitative estimate of drug-likeness (QED) is 0.172. The van der Waals surface area contributed by atoms with E-state index >= 15 is 0 Å². The SMILES string of the molecule is COCCNC(=NCCOCC1CC1)NN. The van der Waals surface area contributed by atoms with Gasteiger partial charge in [-0.1, -0.05) is 0 Å². The predicted molar refractivity (Wildman–Crippen MR) is 63.0 cm³/mol. The van der Waals surface area contributed by atoms with Gasteiger partial charge in [0.1, 0.15) is 0 Å². The maximum atomic E-state index is 5.45. The van der Waals surface area contributed by atoms with E-state index in [0.717, 1.165) is 12.5 Å². The van der Waals surface area contributed by atoms with Gasteiger partial charge < -0.3 is 14.8 Å². The highest BCUT2D eigenvalue weighted by Crippen LogP contribution is 2.28. The molecule has 1 rings (SSSR count). The number of nitrogens with one attached hydrogen (secondary N) is 2. The molecule has 0 aliphatic heterocycles. The molecule has 0 heterocycles. The van der Waals surface area contributed by atoms with E-state index in [9.17, 15) is 0 Å². The zero-order chi connectivity index (χ0) is 11.6. The van der Waals surface area contributed by atoms with Crippen LogP contribution in [0.4, 0.5) is 0 Å². The third-order valence-electron chi connectivity index (χ3n) is 2.29. The molecule has 0 radical (unpaired) electrons. The summed E-state index contributed by atoms with van der Waals surface area (Å²) in [5, 5.41) is 3.02. The van der Waals surface area contributed by atoms with E-state index in [1.165, 1.54) is 12.8 Å². The summed E-state index contributed by atoms with van der Waals surface area (Å²) in [6.45, 7) is 3.44. The molecule has 0 aromatic heterocycles. The molecule has 0 aromatic carbocycles. The number of nitrogens with zero attached hydrogens (tertiary/aromatic N) is 1. The van der Waals surface area contributed by atoms with Gasteiger partial charge in [-0.3, -0.25) is 5.43 Å². The van der Waals surface area contributed by atoms with Gasteiger partial charge in [0.05, 0.1) is 19.8 Å². The summed E-state index contributed by atoms with van der Waals surface area (Å²) in [5.41, 5.74) is 2.50. The van der Waals surface area contributed by atoms with Crippen LogP contribution in [0.1, 0.15) is 12.8 Å². The van der Waals surface area contributed by atoms with Crippen molar-refractivity contribution in [2.75, 3.05) is 40.0 Å². The number of hydrazine groups is 1. The molecule has 6 nitrogen and oxygen atoms in total. The highest BCUT2D eigenvalue weighted by Gasteiger charge is 2.20. The summed E-state index contributed by atoms with van der Waals surface area (Å²) in [7, 11) is 1.65. The van der Waals surface area contributed by atoms with Crippen LogP contribution in [0.25, 0.3) is 0 Å². The maximum Gasteiger partial charge on any atom is 0.205 e. The van der Waals surface area contributed by atoms with Crippen molar-refractivity contribution >= 4 is 5.96 Å². The lowest BCUT2D eigenvalue weighted by atomic mass is 10.5. The van der Waals surface area contributed by atoms with Gasteiger partial charge in [-0.2, -0.15) is 0 Å². The van der Waals surface area contributed by atoms with Crippen molar-refractivity contribution in [3.63, 3.8) is 0 Å². The van der Waals surface area contributed by atoms with Crippen molar-refractivity contribution in [2.24, 2.45) is 16.8 Å². The average molecular weight is 230 g/mol. The van der Waals surface area contributed by atoms with Crippen molar-refractivity contribution in [1.29, 1.82) is 0 Å². The predicted octanol–water partition coefficient (Wildman–Crippen LogP) is -0.532. The Morgan fingerprint density at radius 2 is 2.25 bits per heavy atom. The summed E-state index contributed by atoms with van der Waals surface area (Å²) in [6, 6.07) is 0. The van der Waals surface area contributed by atoms with Crippen molar-refractivity contribution in [3.05, 3.63) is 0 Å². The Hall–Kier alpha value is -0.850. The molecule has 4 N–H and O–H groups in total. The topological polar surface area (TPSA) is 80.9 Å². The average Bonchev–Trinajstić information content (AvgIpc) is 3.10. The maximum absolute atomic E-state index is 5.45. The monoisotopic (exact) mass is 230 g/mol. The molecule has 0 aromatic rings. The molecule has 0 amide bonds. The Bertz CT molecular complexity index is 207. The Kier molecular flexibility index (Phi) is 6.87. The number of aliphatic imine (C=N–C) groups is 1. The number of methoxy groups -OCH3 is 1. The van der Waals surface area contributed by atoms with E-state index in [1.54, 1.807) is 7.11 Å². The van der Waals surface area contributed by atoms with Crippen LogP contribution >= 0.6 is 0 Å². The van der Waals surface area contributed by atoms with Crippen molar-refractivity contribution in [1.82, 2.24) is 10.7 Å². The van der Waals surface area contributed by atoms with Crippen LogP contribution in [0.15, 0.2) is 4.99 Å². The molecule has 1 saturated carbocycles. The van der Waals surface area contributed by atoms with Crippen LogP contribution in [0.2, 0.25) is 0 Å². The first-order valence-corrected chi connectivity index (χ1v) is 5.68. The van der Waals surface area contributed by atoms with E-state index in [-0.39, 0.29) is 0 Å². The van der Waals surface area contributed by atoms with E-state index < -0.39 is 0 Å². The molecule has 0 atom stereocenters. The van der Waals surface area contributed by atoms with Crippen LogP contribution < -0.4 is 16.6 Å². The first kappa shape index (κ1) is 13.2. The number of hydrogen-bond acceptors (Lipinski definition) is 4. The van der Waals surface area contributed by atoms with E-state index in [1.807, 2.05) is 0 Å². The Morgan fingerprint density at radius 3 is 2.88 bits per heavy atom. The molecule has 94 valence electrons. The molecule has 1 aliphatic carbocycles. The van der Waals surface area contributed by atoms with E-state index in [4.69, 9.17) is 15.3 Å². The summed E-state index contributed by atoms with van der Waals surface area (Å²) in [5.74, 6) is 6.68. The fourth-order valence-corrected chi connectivity index (χ4v) is 1.18. The molecule has 1 aliphatic rings. The van der Waals surface area contributed by atoms with Gasteiger partial charge in [-0.25, -0.2) is 10.8 Å². The molecular weight excluding hydrogens is 208 g/mol. The minimum absolute atomic E-state index is 0.576. The lowest BCUT2D eigenvalue weighted by Gasteiger charge is -2.08. The molecule has 0 unspecified atom stereocenters. The summed E-state index contributed by atoms with van der Waals surface area (Å²) in [4.78, 5) is 4.22. The third-order valence-corrected chi connectivity index (χ3v) is 2.29. The van der Waals surface area contributed by atoms with Gasteiger partial charge in [-0.05, 0) is 18.8 Å². The second kappa shape index (κ2) is 8.32. The highest BCUT2D eigenvalue weighted by molar-refractivity contribution is 5.79. The second-order valence-corrected chi connectivity index (χ2v) is 3.81. The lowest BCUT2D eigenvalue weighted by molar-refractivity contribution is 0.131. The van der Waals surface area contributed by atoms with Gasteiger partial charge in [0, 0.05) is 20.3 Å². The summed E-state index contributed by atoms with van der Waals surface area (Å²) in [6.07, 6.45) is 2.63. The van der Waals surface area contributed by atoms with Crippen LogP contribution in [-0.2, 0) is 9.47 Å². The van der Waals surface area contributed by atoms with Crippen LogP contribution in [0, 0.1) is 5.92 Å². The van der Waals surface area contributed by atoms with Crippen molar-refractivity contribution < 1.29 is 9.47 Å². The van der Waals surface area contributed by atoms with Gasteiger partial charge >= 0.3 is 0 Å². The van der Waals surface area contributed by atoms with Gasteiger partial charge in [0.15, 0.2) is 0 Å². The van der Waals surface area contributed by atoms with Crippen molar-refractivity contribution in [3.8, 4) is 0 Å². The van der Waals surface area contributed by atoms with Gasteiger partial charge in [0.25, 0.3) is 0 Å². The van der Waals surface area contributed by atoms with E-state index in [0.29, 0.717) is 32.3 Å². The van der Waals surface area contributed by atoms with Gasteiger partial charge in [0.2, 0.25) is 5.96 Å². The van der Waals surface area contributed by atoms with Crippen LogP contribution in [0.3, 0.4) is 0 Å². The Labute approximate surface area is 96.6 Å². The highest BCUT2D eigenvalue weighted by atomic mass is 16.5. The molecule has 0 spiro atoms. The largest absolute Gasteiger partial charge is 0.383 e. The molecule has 6 heteroatoms. The normalized spacial score (nSPS) is 16.2. The summed E-state index contributed by atoms with van der Waals surface area (Å²) >= 11 is 0. The second-order valence-electron chi connectivity index (χ2n) is 3.81. The number of nitrogens with two attached hydrogens (primary N) is 1. The van der Waals surface area contributed by atoms with Crippen molar-refractivity contribution in [2.45, 2.75) is 12.8 Å².